The lowest BCUT2D eigenvalue weighted by atomic mass is 10.1. The Morgan fingerprint density at radius 3 is 2.35 bits per heavy atom. The van der Waals surface area contributed by atoms with Crippen LogP contribution in [0.4, 0.5) is 0 Å². The van der Waals surface area contributed by atoms with Gasteiger partial charge in [0.1, 0.15) is 0 Å². The molecule has 20 heavy (non-hydrogen) atoms. The predicted molar refractivity (Wildman–Crippen MR) is 84.3 cm³/mol. The van der Waals surface area contributed by atoms with Gasteiger partial charge in [-0.3, -0.25) is 0 Å². The first-order chi connectivity index (χ1) is 9.81. The normalized spacial score (nSPS) is 10.4. The van der Waals surface area contributed by atoms with Gasteiger partial charge in [-0.15, -0.1) is 0 Å². The van der Waals surface area contributed by atoms with E-state index >= 15 is 0 Å². The Labute approximate surface area is 121 Å². The van der Waals surface area contributed by atoms with Crippen molar-refractivity contribution in [2.45, 2.75) is 13.2 Å². The van der Waals surface area contributed by atoms with Gasteiger partial charge in [0.15, 0.2) is 0 Å². The maximum atomic E-state index is 5.22. The van der Waals surface area contributed by atoms with Crippen molar-refractivity contribution in [2.75, 3.05) is 13.7 Å². The van der Waals surface area contributed by atoms with Crippen molar-refractivity contribution >= 4 is 5.57 Å². The number of hydrogen-bond acceptors (Lipinski definition) is 2. The molecule has 1 N–H and O–H groups in total. The van der Waals surface area contributed by atoms with Crippen molar-refractivity contribution in [1.29, 1.82) is 0 Å². The summed E-state index contributed by atoms with van der Waals surface area (Å²) in [6.07, 6.45) is 0. The third kappa shape index (κ3) is 4.05. The maximum Gasteiger partial charge on any atom is 0.0716 e. The van der Waals surface area contributed by atoms with E-state index in [4.69, 9.17) is 4.74 Å². The number of hydrogen-bond donors (Lipinski definition) is 1. The van der Waals surface area contributed by atoms with Gasteiger partial charge in [0.05, 0.1) is 6.61 Å². The van der Waals surface area contributed by atoms with Crippen LogP contribution in [0.2, 0.25) is 0 Å². The monoisotopic (exact) mass is 267 g/mol. The van der Waals surface area contributed by atoms with Gasteiger partial charge >= 0.3 is 0 Å². The summed E-state index contributed by atoms with van der Waals surface area (Å²) in [7, 11) is 1.72. The number of rotatable bonds is 7. The molecule has 0 unspecified atom stereocenters. The van der Waals surface area contributed by atoms with Gasteiger partial charge in [0, 0.05) is 20.2 Å². The van der Waals surface area contributed by atoms with Gasteiger partial charge in [0.2, 0.25) is 0 Å². The Morgan fingerprint density at radius 2 is 1.65 bits per heavy atom. The summed E-state index contributed by atoms with van der Waals surface area (Å²) >= 11 is 0. The summed E-state index contributed by atoms with van der Waals surface area (Å²) in [5.74, 6) is 0. The highest BCUT2D eigenvalue weighted by atomic mass is 16.5. The van der Waals surface area contributed by atoms with Crippen LogP contribution in [0, 0.1) is 0 Å². The molecule has 0 fully saturated rings. The predicted octanol–water partition coefficient (Wildman–Crippen LogP) is 3.64. The van der Waals surface area contributed by atoms with Crippen LogP contribution in [0.5, 0.6) is 0 Å². The number of methoxy groups -OCH3 is 1. The van der Waals surface area contributed by atoms with E-state index in [1.165, 1.54) is 16.7 Å². The van der Waals surface area contributed by atoms with Crippen molar-refractivity contribution in [2.24, 2.45) is 0 Å². The molecule has 2 rings (SSSR count). The van der Waals surface area contributed by atoms with Gasteiger partial charge in [-0.2, -0.15) is 0 Å². The van der Waals surface area contributed by atoms with Crippen LogP contribution in [-0.2, 0) is 17.9 Å². The molecule has 0 bridgehead atoms. The second-order valence-electron chi connectivity index (χ2n) is 4.77. The fourth-order valence-corrected chi connectivity index (χ4v) is 2.15. The van der Waals surface area contributed by atoms with Crippen molar-refractivity contribution in [3.63, 3.8) is 0 Å². The number of nitrogens with one attached hydrogen (secondary N) is 1. The van der Waals surface area contributed by atoms with E-state index in [0.29, 0.717) is 6.61 Å². The Bertz CT molecular complexity index is 548. The summed E-state index contributed by atoms with van der Waals surface area (Å²) < 4.78 is 5.22. The molecule has 2 aromatic rings. The molecular formula is C18H21NO. The molecule has 0 amide bonds. The maximum absolute atomic E-state index is 5.22. The van der Waals surface area contributed by atoms with Crippen molar-refractivity contribution < 1.29 is 4.74 Å². The van der Waals surface area contributed by atoms with Gasteiger partial charge in [-0.25, -0.2) is 0 Å². The molecule has 0 spiro atoms. The third-order valence-corrected chi connectivity index (χ3v) is 3.25. The minimum Gasteiger partial charge on any atom is -0.380 e. The lowest BCUT2D eigenvalue weighted by Gasteiger charge is -2.11. The fraction of sp³-hybridized carbons (Fsp3) is 0.222. The van der Waals surface area contributed by atoms with E-state index in [-0.39, 0.29) is 0 Å². The second-order valence-corrected chi connectivity index (χ2v) is 4.77. The molecule has 104 valence electrons. The quantitative estimate of drug-likeness (QED) is 0.827. The zero-order chi connectivity index (χ0) is 14.2. The smallest absolute Gasteiger partial charge is 0.0716 e. The molecule has 0 atom stereocenters. The molecule has 0 aromatic heterocycles. The highest BCUT2D eigenvalue weighted by molar-refractivity contribution is 5.64. The first kappa shape index (κ1) is 14.5. The van der Waals surface area contributed by atoms with Crippen LogP contribution >= 0.6 is 0 Å². The van der Waals surface area contributed by atoms with E-state index < -0.39 is 0 Å². The van der Waals surface area contributed by atoms with Crippen LogP contribution in [0.25, 0.3) is 5.57 Å². The Morgan fingerprint density at radius 1 is 1.00 bits per heavy atom. The summed E-state index contributed by atoms with van der Waals surface area (Å²) in [6.45, 7) is 6.39. The zero-order valence-corrected chi connectivity index (χ0v) is 11.9. The minimum absolute atomic E-state index is 0.650. The first-order valence-electron chi connectivity index (χ1n) is 6.81. The van der Waals surface area contributed by atoms with Gasteiger partial charge in [-0.1, -0.05) is 61.2 Å². The molecule has 0 aliphatic heterocycles. The largest absolute Gasteiger partial charge is 0.380 e. The van der Waals surface area contributed by atoms with Gasteiger partial charge in [-0.05, 0) is 22.3 Å². The lowest BCUT2D eigenvalue weighted by Crippen LogP contribution is -2.16. The lowest BCUT2D eigenvalue weighted by molar-refractivity contribution is 0.184. The average Bonchev–Trinajstić information content (AvgIpc) is 2.50. The zero-order valence-electron chi connectivity index (χ0n) is 11.9. The average molecular weight is 267 g/mol. The summed E-state index contributed by atoms with van der Waals surface area (Å²) in [4.78, 5) is 0. The molecular weight excluding hydrogens is 246 g/mol. The number of benzene rings is 2. The van der Waals surface area contributed by atoms with Crippen LogP contribution in [0.15, 0.2) is 61.2 Å². The fourth-order valence-electron chi connectivity index (χ4n) is 2.15. The molecule has 0 heterocycles. The Hall–Kier alpha value is -1.90. The van der Waals surface area contributed by atoms with E-state index in [9.17, 15) is 0 Å². The molecule has 2 nitrogen and oxygen atoms in total. The standard InChI is InChI=1S/C18H21NO/c1-15(16-8-4-3-5-9-16)12-19-13-17-10-6-7-11-18(17)14-20-2/h3-11,19H,1,12-14H2,2H3. The van der Waals surface area contributed by atoms with Crippen LogP contribution in [0.1, 0.15) is 16.7 Å². The highest BCUT2D eigenvalue weighted by Crippen LogP contribution is 2.12. The van der Waals surface area contributed by atoms with Crippen molar-refractivity contribution in [3.8, 4) is 0 Å². The summed E-state index contributed by atoms with van der Waals surface area (Å²) in [5.41, 5.74) is 4.79. The second kappa shape index (κ2) is 7.63. The topological polar surface area (TPSA) is 21.3 Å². The van der Waals surface area contributed by atoms with E-state index in [1.54, 1.807) is 7.11 Å². The molecule has 0 aliphatic rings. The van der Waals surface area contributed by atoms with E-state index in [1.807, 2.05) is 24.3 Å². The molecule has 0 saturated heterocycles. The molecule has 0 radical (unpaired) electrons. The molecule has 0 aliphatic carbocycles. The van der Waals surface area contributed by atoms with Crippen LogP contribution in [0.3, 0.4) is 0 Å². The SMILES string of the molecule is C=C(CNCc1ccccc1COC)c1ccccc1. The van der Waals surface area contributed by atoms with Crippen molar-refractivity contribution in [1.82, 2.24) is 5.32 Å². The highest BCUT2D eigenvalue weighted by Gasteiger charge is 2.02. The first-order valence-corrected chi connectivity index (χ1v) is 6.81. The molecule has 2 aromatic carbocycles. The van der Waals surface area contributed by atoms with Gasteiger partial charge in [0.25, 0.3) is 0 Å². The Balaban J connectivity index is 1.89. The number of ether oxygens (including phenoxy) is 1. The third-order valence-electron chi connectivity index (χ3n) is 3.25. The van der Waals surface area contributed by atoms with Crippen molar-refractivity contribution in [3.05, 3.63) is 77.9 Å². The van der Waals surface area contributed by atoms with Crippen LogP contribution in [-0.4, -0.2) is 13.7 Å². The molecule has 0 saturated carbocycles. The van der Waals surface area contributed by atoms with E-state index in [2.05, 4.69) is 42.2 Å². The Kier molecular flexibility index (Phi) is 5.54. The summed E-state index contributed by atoms with van der Waals surface area (Å²) in [5, 5.41) is 3.44. The minimum atomic E-state index is 0.650. The van der Waals surface area contributed by atoms with E-state index in [0.717, 1.165) is 18.7 Å². The van der Waals surface area contributed by atoms with Gasteiger partial charge < -0.3 is 10.1 Å². The summed E-state index contributed by atoms with van der Waals surface area (Å²) in [6, 6.07) is 18.6. The molecule has 2 heteroatoms. The van der Waals surface area contributed by atoms with Crippen LogP contribution < -0.4 is 5.32 Å².